The van der Waals surface area contributed by atoms with Crippen molar-refractivity contribution in [3.63, 3.8) is 0 Å². The Kier molecular flexibility index (Phi) is 3.51. The average Bonchev–Trinajstić information content (AvgIpc) is 3.31. The monoisotopic (exact) mass is 379 g/mol. The molecule has 3 heterocycles. The van der Waals surface area contributed by atoms with Gasteiger partial charge in [0.05, 0.1) is 11.9 Å². The molecule has 9 heteroatoms. The van der Waals surface area contributed by atoms with Crippen molar-refractivity contribution in [2.24, 2.45) is 0 Å². The van der Waals surface area contributed by atoms with E-state index in [1.165, 1.54) is 11.1 Å². The fraction of sp³-hybridized carbons (Fsp3) is 0.211. The Morgan fingerprint density at radius 2 is 2.04 bits per heavy atom. The summed E-state index contributed by atoms with van der Waals surface area (Å²) in [5.74, 6) is -1.18. The maximum absolute atomic E-state index is 15.0. The fourth-order valence-electron chi connectivity index (χ4n) is 3.98. The third-order valence-electron chi connectivity index (χ3n) is 5.25. The molecule has 5 rings (SSSR count). The number of H-pyrrole nitrogens is 1. The van der Waals surface area contributed by atoms with Gasteiger partial charge in [0.2, 0.25) is 11.8 Å². The molecule has 0 spiro atoms. The van der Waals surface area contributed by atoms with E-state index in [2.05, 4.69) is 20.7 Å². The number of aromatic amines is 1. The third kappa shape index (κ3) is 2.25. The van der Waals surface area contributed by atoms with Crippen LogP contribution < -0.4 is 10.2 Å². The lowest BCUT2D eigenvalue weighted by molar-refractivity contribution is -0.134. The topological polar surface area (TPSA) is 108 Å². The first-order chi connectivity index (χ1) is 13.6. The predicted molar refractivity (Wildman–Crippen MR) is 96.3 cm³/mol. The number of anilines is 1. The van der Waals surface area contributed by atoms with E-state index in [0.717, 1.165) is 0 Å². The number of carbonyl (C=O) groups excluding carboxylic acids is 3. The molecule has 2 aromatic carbocycles. The van der Waals surface area contributed by atoms with Crippen LogP contribution in [0.4, 0.5) is 10.1 Å². The molecule has 8 nitrogen and oxygen atoms in total. The highest BCUT2D eigenvalue weighted by Crippen LogP contribution is 2.43. The lowest BCUT2D eigenvalue weighted by Crippen LogP contribution is -2.53. The van der Waals surface area contributed by atoms with Gasteiger partial charge in [0.25, 0.3) is 5.91 Å². The Balaban J connectivity index is 1.65. The second kappa shape index (κ2) is 5.95. The van der Waals surface area contributed by atoms with Crippen LogP contribution in [0.1, 0.15) is 40.6 Å². The van der Waals surface area contributed by atoms with Crippen molar-refractivity contribution in [1.29, 1.82) is 0 Å². The zero-order valence-corrected chi connectivity index (χ0v) is 14.5. The van der Waals surface area contributed by atoms with Gasteiger partial charge in [-0.25, -0.2) is 4.39 Å². The quantitative estimate of drug-likeness (QED) is 0.675. The number of nitrogens with zero attached hydrogens (tertiary/aromatic N) is 3. The number of halogens is 1. The zero-order chi connectivity index (χ0) is 19.4. The number of nitrogens with one attached hydrogen (secondary N) is 2. The predicted octanol–water partition coefficient (Wildman–Crippen LogP) is 1.78. The van der Waals surface area contributed by atoms with Gasteiger partial charge in [0, 0.05) is 22.9 Å². The van der Waals surface area contributed by atoms with Crippen LogP contribution in [0.25, 0.3) is 10.8 Å². The summed E-state index contributed by atoms with van der Waals surface area (Å²) in [6, 6.07) is 7.55. The van der Waals surface area contributed by atoms with Crippen molar-refractivity contribution >= 4 is 34.2 Å². The SMILES string of the molecule is O=C1CCC(N2C(=O)c3cccc4c(C(F)c5cn[nH]n5)ccc2c34)C(=O)N1. The second-order valence-electron chi connectivity index (χ2n) is 6.80. The van der Waals surface area contributed by atoms with Crippen LogP contribution in [0, 0.1) is 0 Å². The van der Waals surface area contributed by atoms with Crippen molar-refractivity contribution in [2.75, 3.05) is 4.90 Å². The molecule has 2 atom stereocenters. The number of rotatable bonds is 3. The molecule has 1 saturated heterocycles. The molecular formula is C19H14FN5O3. The first-order valence-corrected chi connectivity index (χ1v) is 8.79. The van der Waals surface area contributed by atoms with Gasteiger partial charge < -0.3 is 0 Å². The molecule has 2 aliphatic heterocycles. The molecule has 3 aromatic rings. The van der Waals surface area contributed by atoms with Gasteiger partial charge in [-0.3, -0.25) is 24.6 Å². The van der Waals surface area contributed by atoms with Crippen LogP contribution in [0.5, 0.6) is 0 Å². The number of alkyl halides is 1. The van der Waals surface area contributed by atoms with Crippen molar-refractivity contribution < 1.29 is 18.8 Å². The van der Waals surface area contributed by atoms with Crippen LogP contribution in [0.15, 0.2) is 36.5 Å². The molecule has 2 unspecified atom stereocenters. The number of imide groups is 1. The van der Waals surface area contributed by atoms with E-state index >= 15 is 4.39 Å². The maximum Gasteiger partial charge on any atom is 0.259 e. The molecule has 1 fully saturated rings. The van der Waals surface area contributed by atoms with Gasteiger partial charge in [-0.2, -0.15) is 15.4 Å². The summed E-state index contributed by atoms with van der Waals surface area (Å²) >= 11 is 0. The molecule has 3 amide bonds. The zero-order valence-electron chi connectivity index (χ0n) is 14.5. The van der Waals surface area contributed by atoms with E-state index in [9.17, 15) is 14.4 Å². The van der Waals surface area contributed by atoms with E-state index in [4.69, 9.17) is 0 Å². The van der Waals surface area contributed by atoms with Crippen LogP contribution in [-0.2, 0) is 9.59 Å². The third-order valence-corrected chi connectivity index (χ3v) is 5.25. The summed E-state index contributed by atoms with van der Waals surface area (Å²) in [6.07, 6.45) is 0.214. The van der Waals surface area contributed by atoms with E-state index in [-0.39, 0.29) is 30.3 Å². The maximum atomic E-state index is 15.0. The number of aromatic nitrogens is 3. The Labute approximate surface area is 157 Å². The smallest absolute Gasteiger partial charge is 0.259 e. The van der Waals surface area contributed by atoms with E-state index in [1.54, 1.807) is 30.3 Å². The molecule has 1 aromatic heterocycles. The molecule has 140 valence electrons. The van der Waals surface area contributed by atoms with E-state index in [0.29, 0.717) is 27.6 Å². The molecule has 0 aliphatic carbocycles. The fourth-order valence-corrected chi connectivity index (χ4v) is 3.98. The van der Waals surface area contributed by atoms with Crippen molar-refractivity contribution in [2.45, 2.75) is 25.1 Å². The minimum absolute atomic E-state index is 0.145. The first kappa shape index (κ1) is 16.5. The lowest BCUT2D eigenvalue weighted by Gasteiger charge is -2.30. The van der Waals surface area contributed by atoms with Crippen LogP contribution in [-0.4, -0.2) is 39.2 Å². The average molecular weight is 379 g/mol. The van der Waals surface area contributed by atoms with Crippen molar-refractivity contribution in [1.82, 2.24) is 20.7 Å². The Morgan fingerprint density at radius 3 is 2.79 bits per heavy atom. The van der Waals surface area contributed by atoms with Gasteiger partial charge in [-0.1, -0.05) is 18.2 Å². The summed E-state index contributed by atoms with van der Waals surface area (Å²) in [6.45, 7) is 0. The van der Waals surface area contributed by atoms with Gasteiger partial charge >= 0.3 is 0 Å². The Bertz CT molecular complexity index is 1140. The number of benzene rings is 2. The molecule has 28 heavy (non-hydrogen) atoms. The van der Waals surface area contributed by atoms with Crippen molar-refractivity contribution in [3.05, 3.63) is 53.3 Å². The highest BCUT2D eigenvalue weighted by molar-refractivity contribution is 6.27. The lowest BCUT2D eigenvalue weighted by atomic mass is 9.96. The van der Waals surface area contributed by atoms with E-state index in [1.807, 2.05) is 0 Å². The minimum Gasteiger partial charge on any atom is -0.295 e. The normalized spacial score (nSPS) is 20.0. The number of piperidine rings is 1. The summed E-state index contributed by atoms with van der Waals surface area (Å²) in [4.78, 5) is 38.3. The summed E-state index contributed by atoms with van der Waals surface area (Å²) < 4.78 is 15.0. The molecule has 0 bridgehead atoms. The van der Waals surface area contributed by atoms with Gasteiger partial charge in [-0.15, -0.1) is 0 Å². The van der Waals surface area contributed by atoms with Crippen LogP contribution in [0.2, 0.25) is 0 Å². The Morgan fingerprint density at radius 1 is 1.18 bits per heavy atom. The molecular weight excluding hydrogens is 365 g/mol. The number of amides is 3. The second-order valence-corrected chi connectivity index (χ2v) is 6.80. The van der Waals surface area contributed by atoms with Crippen molar-refractivity contribution in [3.8, 4) is 0 Å². The minimum atomic E-state index is -1.51. The molecule has 0 saturated carbocycles. The van der Waals surface area contributed by atoms with E-state index < -0.39 is 18.1 Å². The van der Waals surface area contributed by atoms with Gasteiger partial charge in [0.1, 0.15) is 11.7 Å². The summed E-state index contributed by atoms with van der Waals surface area (Å²) in [5.41, 5.74) is 1.46. The molecule has 2 aliphatic rings. The highest BCUT2D eigenvalue weighted by atomic mass is 19.1. The summed E-state index contributed by atoms with van der Waals surface area (Å²) in [7, 11) is 0. The first-order valence-electron chi connectivity index (χ1n) is 8.79. The number of hydrogen-bond acceptors (Lipinski definition) is 5. The van der Waals surface area contributed by atoms with Gasteiger partial charge in [0.15, 0.2) is 6.17 Å². The molecule has 0 radical (unpaired) electrons. The van der Waals surface area contributed by atoms with Crippen LogP contribution >= 0.6 is 0 Å². The standard InChI is InChI=1S/C19H14FN5O3/c20-17(12-8-21-24-23-12)10-4-5-13-16-9(10)2-1-3-11(16)19(28)25(13)14-6-7-15(26)22-18(14)27/h1-5,8,14,17H,6-7H2,(H,21,23,24)(H,22,26,27). The number of carbonyl (C=O) groups is 3. The largest absolute Gasteiger partial charge is 0.295 e. The molecule has 2 N–H and O–H groups in total. The van der Waals surface area contributed by atoms with Gasteiger partial charge in [-0.05, 0) is 23.9 Å². The summed E-state index contributed by atoms with van der Waals surface area (Å²) in [5, 5.41) is 13.3. The Hall–Kier alpha value is -3.62. The number of hydrogen-bond donors (Lipinski definition) is 2. The van der Waals surface area contributed by atoms with Crippen LogP contribution in [0.3, 0.4) is 0 Å². The highest BCUT2D eigenvalue weighted by Gasteiger charge is 2.41.